The molecule has 2 unspecified atom stereocenters. The van der Waals surface area contributed by atoms with Gasteiger partial charge in [-0.2, -0.15) is 0 Å². The van der Waals surface area contributed by atoms with Crippen molar-refractivity contribution in [1.29, 1.82) is 0 Å². The number of aromatic hydroxyl groups is 1. The van der Waals surface area contributed by atoms with Crippen LogP contribution >= 0.6 is 0 Å². The van der Waals surface area contributed by atoms with Crippen molar-refractivity contribution in [2.75, 3.05) is 6.61 Å². The zero-order chi connectivity index (χ0) is 30.6. The van der Waals surface area contributed by atoms with E-state index in [0.717, 1.165) is 23.8 Å². The molecule has 9 nitrogen and oxygen atoms in total. The Morgan fingerprint density at radius 1 is 0.786 bits per heavy atom. The number of halogens is 2. The number of Topliss-reactive ketones (excluding diaryl/α,β-unsaturated/α-hetero) is 1. The molecule has 2 amide bonds. The summed E-state index contributed by atoms with van der Waals surface area (Å²) in [6.45, 7) is 2.78. The summed E-state index contributed by atoms with van der Waals surface area (Å²) in [6.07, 6.45) is -0.682. The largest absolute Gasteiger partial charge is 0.508 e. The molecule has 3 N–H and O–H groups in total. The van der Waals surface area contributed by atoms with E-state index < -0.39 is 59.6 Å². The Hall–Kier alpha value is -4.80. The lowest BCUT2D eigenvalue weighted by Crippen LogP contribution is -2.53. The molecule has 3 aromatic rings. The van der Waals surface area contributed by atoms with E-state index >= 15 is 0 Å². The fraction of sp³-hybridized carbons (Fsp3) is 0.290. The van der Waals surface area contributed by atoms with Crippen LogP contribution in [0.15, 0.2) is 72.8 Å². The molecule has 0 aliphatic heterocycles. The number of carbonyl (C=O) groups excluding carboxylic acids is 4. The normalized spacial score (nSPS) is 12.2. The van der Waals surface area contributed by atoms with Crippen LogP contribution in [0.3, 0.4) is 0 Å². The molecule has 11 heteroatoms. The fourth-order valence-electron chi connectivity index (χ4n) is 4.00. The highest BCUT2D eigenvalue weighted by molar-refractivity contribution is 5.95. The number of phenols is 1. The first kappa shape index (κ1) is 31.7. The Labute approximate surface area is 241 Å². The van der Waals surface area contributed by atoms with Gasteiger partial charge < -0.3 is 25.2 Å². The number of nitrogens with one attached hydrogen (secondary N) is 2. The molecule has 0 aliphatic rings. The Morgan fingerprint density at radius 2 is 1.43 bits per heavy atom. The number of rotatable bonds is 13. The summed E-state index contributed by atoms with van der Waals surface area (Å²) in [4.78, 5) is 51.3. The first-order valence-electron chi connectivity index (χ1n) is 13.2. The summed E-state index contributed by atoms with van der Waals surface area (Å²) in [7, 11) is 0. The third-order valence-corrected chi connectivity index (χ3v) is 6.12. The third-order valence-electron chi connectivity index (χ3n) is 6.12. The molecule has 0 saturated heterocycles. The highest BCUT2D eigenvalue weighted by Crippen LogP contribution is 2.15. The average molecular weight is 583 g/mol. The molecular weight excluding hydrogens is 550 g/mol. The van der Waals surface area contributed by atoms with Crippen LogP contribution in [-0.2, 0) is 32.1 Å². The van der Waals surface area contributed by atoms with Crippen molar-refractivity contribution in [1.82, 2.24) is 10.6 Å². The van der Waals surface area contributed by atoms with Crippen LogP contribution in [0.4, 0.5) is 13.6 Å². The number of hydrogen-bond donors (Lipinski definition) is 3. The summed E-state index contributed by atoms with van der Waals surface area (Å²) < 4.78 is 38.1. The van der Waals surface area contributed by atoms with Crippen LogP contribution in [0.25, 0.3) is 0 Å². The minimum absolute atomic E-state index is 0.0123. The van der Waals surface area contributed by atoms with Gasteiger partial charge in [-0.3, -0.25) is 9.59 Å². The van der Waals surface area contributed by atoms with Crippen molar-refractivity contribution >= 4 is 23.8 Å². The molecule has 0 radical (unpaired) electrons. The Bertz CT molecular complexity index is 1360. The summed E-state index contributed by atoms with van der Waals surface area (Å²) in [5.74, 6) is -5.18. The summed E-state index contributed by atoms with van der Waals surface area (Å²) in [5, 5.41) is 14.7. The topological polar surface area (TPSA) is 131 Å². The van der Waals surface area contributed by atoms with E-state index in [9.17, 15) is 33.1 Å². The molecule has 2 atom stereocenters. The van der Waals surface area contributed by atoms with E-state index in [-0.39, 0.29) is 31.1 Å². The van der Waals surface area contributed by atoms with Gasteiger partial charge in [-0.25, -0.2) is 18.4 Å². The van der Waals surface area contributed by atoms with Crippen molar-refractivity contribution in [3.63, 3.8) is 0 Å². The van der Waals surface area contributed by atoms with Gasteiger partial charge in [0.25, 0.3) is 0 Å². The number of benzene rings is 3. The maximum absolute atomic E-state index is 14.0. The van der Waals surface area contributed by atoms with Crippen LogP contribution in [0.1, 0.15) is 41.8 Å². The lowest BCUT2D eigenvalue weighted by Gasteiger charge is -2.24. The number of alkyl carbamates (subject to hydrolysis) is 1. The Kier molecular flexibility index (Phi) is 11.5. The average Bonchev–Trinajstić information content (AvgIpc) is 2.95. The second-order valence-electron chi connectivity index (χ2n) is 9.96. The van der Waals surface area contributed by atoms with Crippen LogP contribution in [0.5, 0.6) is 5.75 Å². The Balaban J connectivity index is 1.72. The molecule has 0 aliphatic carbocycles. The SMILES string of the molecule is CC(C)CC(NC(=O)OCc1ccccc1)C(=O)NC(Cc1ccc(O)cc1)C(=O)COC(=O)c1c(F)cccc1F. The van der Waals surface area contributed by atoms with E-state index in [1.807, 2.05) is 19.9 Å². The number of phenolic OH excluding ortho intramolecular Hbond substituents is 1. The first-order chi connectivity index (χ1) is 20.0. The van der Waals surface area contributed by atoms with E-state index in [2.05, 4.69) is 10.6 Å². The highest BCUT2D eigenvalue weighted by atomic mass is 19.1. The summed E-state index contributed by atoms with van der Waals surface area (Å²) in [6, 6.07) is 15.3. The van der Waals surface area contributed by atoms with Crippen LogP contribution in [-0.4, -0.2) is 47.6 Å². The van der Waals surface area contributed by atoms with E-state index in [4.69, 9.17) is 9.47 Å². The number of ketones is 1. The van der Waals surface area contributed by atoms with Crippen molar-refractivity contribution < 1.29 is 42.5 Å². The van der Waals surface area contributed by atoms with Gasteiger partial charge in [-0.15, -0.1) is 0 Å². The van der Waals surface area contributed by atoms with Crippen molar-refractivity contribution in [2.24, 2.45) is 5.92 Å². The fourth-order valence-corrected chi connectivity index (χ4v) is 4.00. The van der Waals surface area contributed by atoms with Gasteiger partial charge in [0, 0.05) is 0 Å². The molecule has 0 bridgehead atoms. The molecule has 3 rings (SSSR count). The van der Waals surface area contributed by atoms with E-state index in [1.54, 1.807) is 24.3 Å². The summed E-state index contributed by atoms with van der Waals surface area (Å²) >= 11 is 0. The standard InChI is InChI=1S/C31H32F2N2O7/c1-19(2)15-26(35-31(40)42-17-21-7-4-3-5-8-21)29(38)34-25(16-20-11-13-22(36)14-12-20)27(37)18-41-30(39)28-23(32)9-6-10-24(28)33/h3-14,19,25-26,36H,15-18H2,1-2H3,(H,34,38)(H,35,40). The van der Waals surface area contributed by atoms with Gasteiger partial charge in [-0.05, 0) is 54.2 Å². The molecule has 0 heterocycles. The molecular formula is C31H32F2N2O7. The van der Waals surface area contributed by atoms with Gasteiger partial charge in [0.05, 0.1) is 6.04 Å². The van der Waals surface area contributed by atoms with Crippen LogP contribution in [0, 0.1) is 17.6 Å². The molecule has 3 aromatic carbocycles. The maximum Gasteiger partial charge on any atom is 0.408 e. The summed E-state index contributed by atoms with van der Waals surface area (Å²) in [5.41, 5.74) is 0.357. The lowest BCUT2D eigenvalue weighted by atomic mass is 9.99. The molecule has 0 fully saturated rings. The number of esters is 1. The van der Waals surface area contributed by atoms with Crippen LogP contribution in [0.2, 0.25) is 0 Å². The van der Waals surface area contributed by atoms with Gasteiger partial charge in [0.2, 0.25) is 5.91 Å². The third kappa shape index (κ3) is 9.69. The zero-order valence-corrected chi connectivity index (χ0v) is 23.1. The lowest BCUT2D eigenvalue weighted by molar-refractivity contribution is -0.130. The van der Waals surface area contributed by atoms with Gasteiger partial charge in [0.1, 0.15) is 35.6 Å². The minimum atomic E-state index is -1.38. The smallest absolute Gasteiger partial charge is 0.408 e. The second-order valence-corrected chi connectivity index (χ2v) is 9.96. The molecule has 222 valence electrons. The monoisotopic (exact) mass is 582 g/mol. The predicted molar refractivity (Wildman–Crippen MR) is 148 cm³/mol. The molecule has 0 aromatic heterocycles. The van der Waals surface area contributed by atoms with E-state index in [1.165, 1.54) is 24.3 Å². The van der Waals surface area contributed by atoms with Gasteiger partial charge >= 0.3 is 12.1 Å². The number of amides is 2. The van der Waals surface area contributed by atoms with Crippen molar-refractivity contribution in [2.45, 2.75) is 45.4 Å². The minimum Gasteiger partial charge on any atom is -0.508 e. The maximum atomic E-state index is 14.0. The quantitative estimate of drug-likeness (QED) is 0.254. The molecule has 42 heavy (non-hydrogen) atoms. The van der Waals surface area contributed by atoms with Crippen LogP contribution < -0.4 is 10.6 Å². The first-order valence-corrected chi connectivity index (χ1v) is 13.2. The number of carbonyl (C=O) groups is 4. The van der Waals surface area contributed by atoms with E-state index in [0.29, 0.717) is 5.56 Å². The zero-order valence-electron chi connectivity index (χ0n) is 23.1. The number of hydrogen-bond acceptors (Lipinski definition) is 7. The Morgan fingerprint density at radius 3 is 2.05 bits per heavy atom. The van der Waals surface area contributed by atoms with Gasteiger partial charge in [-0.1, -0.05) is 62.4 Å². The highest BCUT2D eigenvalue weighted by Gasteiger charge is 2.29. The van der Waals surface area contributed by atoms with Gasteiger partial charge in [0.15, 0.2) is 12.4 Å². The molecule has 0 spiro atoms. The van der Waals surface area contributed by atoms with Crippen molar-refractivity contribution in [3.05, 3.63) is 101 Å². The second kappa shape index (κ2) is 15.3. The number of ether oxygens (including phenoxy) is 2. The van der Waals surface area contributed by atoms with Crippen molar-refractivity contribution in [3.8, 4) is 5.75 Å². The predicted octanol–water partition coefficient (Wildman–Crippen LogP) is 4.46. The molecule has 0 saturated carbocycles.